The molecule has 232 valence electrons. The van der Waals surface area contributed by atoms with E-state index in [1.54, 1.807) is 0 Å². The van der Waals surface area contributed by atoms with Crippen LogP contribution in [0.15, 0.2) is 179 Å². The Balaban J connectivity index is 1.25. The van der Waals surface area contributed by atoms with Crippen molar-refractivity contribution in [3.63, 3.8) is 0 Å². The van der Waals surface area contributed by atoms with Gasteiger partial charge in [0.1, 0.15) is 22.3 Å². The fourth-order valence-corrected chi connectivity index (χ4v) is 8.22. The molecule has 0 N–H and O–H groups in total. The summed E-state index contributed by atoms with van der Waals surface area (Å²) in [5.74, 6) is 0. The predicted molar refractivity (Wildman–Crippen MR) is 210 cm³/mol. The average Bonchev–Trinajstić information content (AvgIpc) is 3.74. The number of fused-ring (bicyclic) bond motifs is 9. The maximum absolute atomic E-state index is 6.83. The van der Waals surface area contributed by atoms with Gasteiger partial charge in [0.25, 0.3) is 0 Å². The van der Waals surface area contributed by atoms with Crippen molar-refractivity contribution in [2.24, 2.45) is 0 Å². The number of para-hydroxylation sites is 2. The second-order valence-electron chi connectivity index (χ2n) is 13.2. The van der Waals surface area contributed by atoms with Crippen molar-refractivity contribution >= 4 is 76.2 Å². The van der Waals surface area contributed by atoms with Crippen LogP contribution in [0.5, 0.6) is 0 Å². The highest BCUT2D eigenvalue weighted by Gasteiger charge is 2.25. The van der Waals surface area contributed by atoms with E-state index in [2.05, 4.69) is 158 Å². The fourth-order valence-electron chi connectivity index (χ4n) is 8.22. The van der Waals surface area contributed by atoms with Crippen LogP contribution in [0.4, 0.5) is 0 Å². The van der Waals surface area contributed by atoms with Crippen LogP contribution < -0.4 is 0 Å². The van der Waals surface area contributed by atoms with Crippen molar-refractivity contribution < 1.29 is 8.83 Å². The van der Waals surface area contributed by atoms with Crippen molar-refractivity contribution in [2.45, 2.75) is 0 Å². The third-order valence-corrected chi connectivity index (χ3v) is 10.4. The van der Waals surface area contributed by atoms with E-state index in [1.807, 2.05) is 12.1 Å². The molecule has 0 saturated carbocycles. The van der Waals surface area contributed by atoms with Crippen molar-refractivity contribution in [3.8, 4) is 33.4 Å². The van der Waals surface area contributed by atoms with Gasteiger partial charge in [-0.05, 0) is 84.9 Å². The van der Waals surface area contributed by atoms with Gasteiger partial charge in [-0.15, -0.1) is 0 Å². The molecule has 9 aromatic carbocycles. The van der Waals surface area contributed by atoms with E-state index in [0.717, 1.165) is 55.0 Å². The quantitative estimate of drug-likeness (QED) is 0.180. The molecule has 0 fully saturated rings. The molecule has 2 nitrogen and oxygen atoms in total. The second-order valence-corrected chi connectivity index (χ2v) is 13.2. The summed E-state index contributed by atoms with van der Waals surface area (Å²) in [5, 5.41) is 11.5. The standard InChI is InChI=1S/C48H28O2/c1-2-12-29(13-3-1)30-22-23-32-27-33(25-24-31(32)26-30)44-35-15-4-6-17-37(35)45(38-18-7-5-16-36(38)44)47-46-39-19-9-11-21-42(39)49-43(46)28-40-34-14-8-10-20-41(34)50-48(40)47/h1-28H. The first-order chi connectivity index (χ1) is 24.8. The Labute approximate surface area is 287 Å². The summed E-state index contributed by atoms with van der Waals surface area (Å²) in [7, 11) is 0. The minimum absolute atomic E-state index is 0.863. The molecule has 0 aliphatic rings. The van der Waals surface area contributed by atoms with Crippen molar-refractivity contribution in [1.29, 1.82) is 0 Å². The number of hydrogen-bond acceptors (Lipinski definition) is 2. The van der Waals surface area contributed by atoms with Gasteiger partial charge in [-0.1, -0.05) is 140 Å². The van der Waals surface area contributed by atoms with Crippen molar-refractivity contribution in [3.05, 3.63) is 170 Å². The maximum Gasteiger partial charge on any atom is 0.144 e. The highest BCUT2D eigenvalue weighted by atomic mass is 16.3. The zero-order valence-electron chi connectivity index (χ0n) is 27.0. The summed E-state index contributed by atoms with van der Waals surface area (Å²) in [4.78, 5) is 0. The van der Waals surface area contributed by atoms with Gasteiger partial charge in [0.2, 0.25) is 0 Å². The minimum atomic E-state index is 0.863. The third kappa shape index (κ3) is 3.90. The first kappa shape index (κ1) is 27.3. The fraction of sp³-hybridized carbons (Fsp3) is 0. The highest BCUT2D eigenvalue weighted by Crippen LogP contribution is 2.51. The first-order valence-electron chi connectivity index (χ1n) is 17.1. The normalized spacial score (nSPS) is 12.0. The molecule has 11 rings (SSSR count). The second kappa shape index (κ2) is 10.4. The zero-order valence-corrected chi connectivity index (χ0v) is 27.0. The molecule has 0 saturated heterocycles. The van der Waals surface area contributed by atoms with E-state index in [0.29, 0.717) is 0 Å². The molecule has 2 heterocycles. The molecular formula is C48H28O2. The van der Waals surface area contributed by atoms with Crippen LogP contribution in [0.1, 0.15) is 0 Å². The van der Waals surface area contributed by atoms with Crippen LogP contribution >= 0.6 is 0 Å². The lowest BCUT2D eigenvalue weighted by Crippen LogP contribution is -1.92. The van der Waals surface area contributed by atoms with Gasteiger partial charge < -0.3 is 8.83 Å². The van der Waals surface area contributed by atoms with Crippen LogP contribution in [-0.4, -0.2) is 0 Å². The number of benzene rings is 9. The number of furan rings is 2. The Kier molecular flexibility index (Phi) is 5.70. The van der Waals surface area contributed by atoms with Crippen LogP contribution in [0.25, 0.3) is 110 Å². The Bertz CT molecular complexity index is 3080. The van der Waals surface area contributed by atoms with E-state index in [1.165, 1.54) is 54.6 Å². The van der Waals surface area contributed by atoms with Crippen LogP contribution in [0.3, 0.4) is 0 Å². The molecule has 0 unspecified atom stereocenters. The summed E-state index contributed by atoms with van der Waals surface area (Å²) in [6, 6.07) is 60.8. The van der Waals surface area contributed by atoms with E-state index < -0.39 is 0 Å². The van der Waals surface area contributed by atoms with E-state index >= 15 is 0 Å². The summed E-state index contributed by atoms with van der Waals surface area (Å²) in [5.41, 5.74) is 10.6. The van der Waals surface area contributed by atoms with Crippen molar-refractivity contribution in [1.82, 2.24) is 0 Å². The van der Waals surface area contributed by atoms with Crippen LogP contribution in [-0.2, 0) is 0 Å². The molecular weight excluding hydrogens is 609 g/mol. The van der Waals surface area contributed by atoms with Gasteiger partial charge in [0.15, 0.2) is 0 Å². The summed E-state index contributed by atoms with van der Waals surface area (Å²) in [6.07, 6.45) is 0. The Hall–Kier alpha value is -6.64. The molecule has 0 spiro atoms. The summed E-state index contributed by atoms with van der Waals surface area (Å²) < 4.78 is 13.4. The predicted octanol–water partition coefficient (Wildman–Crippen LogP) is 13.9. The maximum atomic E-state index is 6.83. The molecule has 50 heavy (non-hydrogen) atoms. The van der Waals surface area contributed by atoms with E-state index in [9.17, 15) is 0 Å². The third-order valence-electron chi connectivity index (χ3n) is 10.4. The Morgan fingerprint density at radius 3 is 1.48 bits per heavy atom. The minimum Gasteiger partial charge on any atom is -0.456 e. The van der Waals surface area contributed by atoms with Gasteiger partial charge in [-0.2, -0.15) is 0 Å². The number of hydrogen-bond donors (Lipinski definition) is 0. The monoisotopic (exact) mass is 636 g/mol. The molecule has 0 atom stereocenters. The largest absolute Gasteiger partial charge is 0.456 e. The van der Waals surface area contributed by atoms with Gasteiger partial charge in [-0.25, -0.2) is 0 Å². The van der Waals surface area contributed by atoms with Crippen LogP contribution in [0.2, 0.25) is 0 Å². The number of rotatable bonds is 3. The molecule has 0 amide bonds. The SMILES string of the molecule is c1ccc(-c2ccc3cc(-c4c5ccccc5c(-c5c6oc7ccccc7c6cc6oc7ccccc7c56)c5ccccc45)ccc3c2)cc1. The summed E-state index contributed by atoms with van der Waals surface area (Å²) >= 11 is 0. The lowest BCUT2D eigenvalue weighted by molar-refractivity contribution is 0.664. The Morgan fingerprint density at radius 2 is 0.800 bits per heavy atom. The van der Waals surface area contributed by atoms with Gasteiger partial charge in [-0.3, -0.25) is 0 Å². The lowest BCUT2D eigenvalue weighted by atomic mass is 9.84. The highest BCUT2D eigenvalue weighted by molar-refractivity contribution is 6.31. The topological polar surface area (TPSA) is 26.3 Å². The molecule has 11 aromatic rings. The molecule has 2 aromatic heterocycles. The lowest BCUT2D eigenvalue weighted by Gasteiger charge is -2.19. The molecule has 0 aliphatic carbocycles. The smallest absolute Gasteiger partial charge is 0.144 e. The first-order valence-corrected chi connectivity index (χ1v) is 17.1. The van der Waals surface area contributed by atoms with Gasteiger partial charge in [0, 0.05) is 32.7 Å². The molecule has 0 radical (unpaired) electrons. The molecule has 0 aliphatic heterocycles. The molecule has 2 heteroatoms. The van der Waals surface area contributed by atoms with Crippen molar-refractivity contribution in [2.75, 3.05) is 0 Å². The van der Waals surface area contributed by atoms with Gasteiger partial charge >= 0.3 is 0 Å². The summed E-state index contributed by atoms with van der Waals surface area (Å²) in [6.45, 7) is 0. The van der Waals surface area contributed by atoms with E-state index in [4.69, 9.17) is 8.83 Å². The van der Waals surface area contributed by atoms with Crippen LogP contribution in [0, 0.1) is 0 Å². The average molecular weight is 637 g/mol. The molecule has 0 bridgehead atoms. The van der Waals surface area contributed by atoms with Gasteiger partial charge in [0.05, 0.1) is 0 Å². The zero-order chi connectivity index (χ0) is 32.8. The Morgan fingerprint density at radius 1 is 0.280 bits per heavy atom. The van der Waals surface area contributed by atoms with E-state index in [-0.39, 0.29) is 0 Å².